The van der Waals surface area contributed by atoms with Gasteiger partial charge in [0.25, 0.3) is 0 Å². The molecule has 132 valence electrons. The van der Waals surface area contributed by atoms with Crippen LogP contribution in [0.2, 0.25) is 0 Å². The normalized spacial score (nSPS) is 13.2. The van der Waals surface area contributed by atoms with E-state index in [0.717, 1.165) is 11.3 Å². The highest BCUT2D eigenvalue weighted by atomic mass is 32.2. The smallest absolute Gasteiger partial charge is 0.244 e. The van der Waals surface area contributed by atoms with Gasteiger partial charge in [-0.2, -0.15) is 5.10 Å². The van der Waals surface area contributed by atoms with Crippen LogP contribution in [0.1, 0.15) is 23.0 Å². The van der Waals surface area contributed by atoms with Gasteiger partial charge in [-0.1, -0.05) is 12.1 Å². The van der Waals surface area contributed by atoms with E-state index in [1.807, 2.05) is 43.3 Å². The summed E-state index contributed by atoms with van der Waals surface area (Å²) < 4.78 is 33.0. The number of rotatable bonds is 7. The molecule has 2 rings (SSSR count). The SMILES string of the molecule is COc1ccc(C(CNS(=O)(=O)c2c(C)n[nH]c2C)N(C)C)cc1. The molecule has 1 atom stereocenters. The maximum atomic E-state index is 12.6. The van der Waals surface area contributed by atoms with Crippen LogP contribution in [0.15, 0.2) is 29.2 Å². The van der Waals surface area contributed by atoms with E-state index in [2.05, 4.69) is 14.9 Å². The van der Waals surface area contributed by atoms with Crippen molar-refractivity contribution in [1.82, 2.24) is 19.8 Å². The number of likely N-dealkylation sites (N-methyl/N-ethyl adjacent to an activating group) is 1. The number of hydrogen-bond donors (Lipinski definition) is 2. The molecule has 7 nitrogen and oxygen atoms in total. The number of aromatic nitrogens is 2. The minimum Gasteiger partial charge on any atom is -0.497 e. The van der Waals surface area contributed by atoms with Crippen LogP contribution in [0.4, 0.5) is 0 Å². The van der Waals surface area contributed by atoms with Crippen molar-refractivity contribution < 1.29 is 13.2 Å². The lowest BCUT2D eigenvalue weighted by Crippen LogP contribution is -2.34. The summed E-state index contributed by atoms with van der Waals surface area (Å²) in [4.78, 5) is 2.19. The zero-order valence-corrected chi connectivity index (χ0v) is 15.4. The molecule has 1 aromatic carbocycles. The Hall–Kier alpha value is -1.90. The Bertz CT molecular complexity index is 763. The molecule has 2 aromatic rings. The molecule has 1 unspecified atom stereocenters. The predicted octanol–water partition coefficient (Wildman–Crippen LogP) is 1.62. The molecule has 2 N–H and O–H groups in total. The van der Waals surface area contributed by atoms with E-state index in [1.54, 1.807) is 21.0 Å². The quantitative estimate of drug-likeness (QED) is 0.791. The Morgan fingerprint density at radius 2 is 1.88 bits per heavy atom. The Labute approximate surface area is 143 Å². The largest absolute Gasteiger partial charge is 0.497 e. The number of aromatic amines is 1. The number of aryl methyl sites for hydroxylation is 2. The summed E-state index contributed by atoms with van der Waals surface area (Å²) in [5.41, 5.74) is 2.00. The van der Waals surface area contributed by atoms with Gasteiger partial charge in [0, 0.05) is 12.6 Å². The molecular weight excluding hydrogens is 328 g/mol. The lowest BCUT2D eigenvalue weighted by atomic mass is 10.1. The second-order valence-corrected chi connectivity index (χ2v) is 7.57. The zero-order valence-electron chi connectivity index (χ0n) is 14.6. The molecular formula is C16H24N4O3S. The fraction of sp³-hybridized carbons (Fsp3) is 0.438. The molecule has 0 aliphatic rings. The van der Waals surface area contributed by atoms with Gasteiger partial charge in [-0.3, -0.25) is 5.10 Å². The van der Waals surface area contributed by atoms with Gasteiger partial charge < -0.3 is 9.64 Å². The van der Waals surface area contributed by atoms with Gasteiger partial charge in [-0.15, -0.1) is 0 Å². The first-order valence-corrected chi connectivity index (χ1v) is 9.06. The van der Waals surface area contributed by atoms with Gasteiger partial charge in [0.1, 0.15) is 10.6 Å². The van der Waals surface area contributed by atoms with Crippen molar-refractivity contribution in [2.24, 2.45) is 0 Å². The minimum absolute atomic E-state index is 0.0989. The van der Waals surface area contributed by atoms with Crippen LogP contribution in [-0.2, 0) is 10.0 Å². The van der Waals surface area contributed by atoms with Crippen LogP contribution in [-0.4, -0.2) is 51.3 Å². The Morgan fingerprint density at radius 1 is 1.25 bits per heavy atom. The first kappa shape index (κ1) is 18.4. The van der Waals surface area contributed by atoms with Crippen LogP contribution in [0.3, 0.4) is 0 Å². The monoisotopic (exact) mass is 352 g/mol. The summed E-state index contributed by atoms with van der Waals surface area (Å²) in [5.74, 6) is 0.765. The molecule has 0 aliphatic carbocycles. The number of H-pyrrole nitrogens is 1. The lowest BCUT2D eigenvalue weighted by molar-refractivity contribution is 0.299. The number of ether oxygens (including phenoxy) is 1. The highest BCUT2D eigenvalue weighted by Gasteiger charge is 2.24. The van der Waals surface area contributed by atoms with Gasteiger partial charge in [0.05, 0.1) is 18.5 Å². The van der Waals surface area contributed by atoms with Gasteiger partial charge in [-0.05, 0) is 45.6 Å². The van der Waals surface area contributed by atoms with E-state index in [0.29, 0.717) is 11.4 Å². The topological polar surface area (TPSA) is 87.3 Å². The van der Waals surface area contributed by atoms with Crippen LogP contribution in [0.25, 0.3) is 0 Å². The summed E-state index contributed by atoms with van der Waals surface area (Å²) in [6, 6.07) is 7.51. The number of nitrogens with one attached hydrogen (secondary N) is 2. The first-order chi connectivity index (χ1) is 11.3. The summed E-state index contributed by atoms with van der Waals surface area (Å²) in [6.07, 6.45) is 0. The van der Waals surface area contributed by atoms with E-state index in [9.17, 15) is 8.42 Å². The number of methoxy groups -OCH3 is 1. The third kappa shape index (κ3) is 3.95. The fourth-order valence-corrected chi connectivity index (χ4v) is 4.03. The molecule has 0 saturated carbocycles. The van der Waals surface area contributed by atoms with E-state index in [-0.39, 0.29) is 17.5 Å². The van der Waals surface area contributed by atoms with E-state index in [4.69, 9.17) is 4.74 Å². The standard InChI is InChI=1S/C16H24N4O3S/c1-11-16(12(2)19-18-11)24(21,22)17-10-15(20(3)4)13-6-8-14(23-5)9-7-13/h6-9,15,17H,10H2,1-5H3,(H,18,19). The van der Waals surface area contributed by atoms with Crippen molar-refractivity contribution >= 4 is 10.0 Å². The molecule has 0 amide bonds. The number of nitrogens with zero attached hydrogens (tertiary/aromatic N) is 2. The van der Waals surface area contributed by atoms with Crippen molar-refractivity contribution in [2.75, 3.05) is 27.7 Å². The average Bonchev–Trinajstić information content (AvgIpc) is 2.87. The zero-order chi connectivity index (χ0) is 17.9. The Kier molecular flexibility index (Phi) is 5.63. The highest BCUT2D eigenvalue weighted by Crippen LogP contribution is 2.22. The second kappa shape index (κ2) is 7.33. The molecule has 0 fully saturated rings. The molecule has 0 aliphatic heterocycles. The van der Waals surface area contributed by atoms with E-state index in [1.165, 1.54) is 0 Å². The molecule has 1 heterocycles. The van der Waals surface area contributed by atoms with Gasteiger partial charge in [0.15, 0.2) is 0 Å². The minimum atomic E-state index is -3.62. The van der Waals surface area contributed by atoms with Crippen molar-refractivity contribution in [3.63, 3.8) is 0 Å². The van der Waals surface area contributed by atoms with Gasteiger partial charge >= 0.3 is 0 Å². The van der Waals surface area contributed by atoms with Crippen LogP contribution >= 0.6 is 0 Å². The Balaban J connectivity index is 2.19. The summed E-state index contributed by atoms with van der Waals surface area (Å²) in [6.45, 7) is 3.62. The molecule has 0 radical (unpaired) electrons. The average molecular weight is 352 g/mol. The number of sulfonamides is 1. The van der Waals surface area contributed by atoms with Crippen molar-refractivity contribution in [3.05, 3.63) is 41.2 Å². The second-order valence-electron chi connectivity index (χ2n) is 5.87. The predicted molar refractivity (Wildman–Crippen MR) is 92.7 cm³/mol. The summed E-state index contributed by atoms with van der Waals surface area (Å²) >= 11 is 0. The molecule has 1 aromatic heterocycles. The first-order valence-electron chi connectivity index (χ1n) is 7.58. The Morgan fingerprint density at radius 3 is 2.33 bits per heavy atom. The third-order valence-corrected chi connectivity index (χ3v) is 5.61. The maximum absolute atomic E-state index is 12.6. The highest BCUT2D eigenvalue weighted by molar-refractivity contribution is 7.89. The van der Waals surface area contributed by atoms with Crippen molar-refractivity contribution in [3.8, 4) is 5.75 Å². The summed E-state index contributed by atoms with van der Waals surface area (Å²) in [7, 11) is 1.82. The third-order valence-electron chi connectivity index (χ3n) is 3.92. The lowest BCUT2D eigenvalue weighted by Gasteiger charge is -2.25. The molecule has 8 heteroatoms. The number of benzene rings is 1. The van der Waals surface area contributed by atoms with Crippen LogP contribution in [0.5, 0.6) is 5.75 Å². The number of hydrogen-bond acceptors (Lipinski definition) is 5. The fourth-order valence-electron chi connectivity index (χ4n) is 2.62. The molecule has 0 saturated heterocycles. The van der Waals surface area contributed by atoms with E-state index >= 15 is 0 Å². The van der Waals surface area contributed by atoms with Gasteiger partial charge in [-0.25, -0.2) is 13.1 Å². The molecule has 24 heavy (non-hydrogen) atoms. The van der Waals surface area contributed by atoms with Crippen LogP contribution < -0.4 is 9.46 Å². The molecule has 0 spiro atoms. The molecule has 0 bridgehead atoms. The van der Waals surface area contributed by atoms with Gasteiger partial charge in [0.2, 0.25) is 10.0 Å². The van der Waals surface area contributed by atoms with Crippen LogP contribution in [0, 0.1) is 13.8 Å². The van der Waals surface area contributed by atoms with Crippen molar-refractivity contribution in [1.29, 1.82) is 0 Å². The summed E-state index contributed by atoms with van der Waals surface area (Å²) in [5, 5.41) is 6.66. The van der Waals surface area contributed by atoms with Crippen molar-refractivity contribution in [2.45, 2.75) is 24.8 Å². The van der Waals surface area contributed by atoms with E-state index < -0.39 is 10.0 Å². The maximum Gasteiger partial charge on any atom is 0.244 e.